The maximum Gasteiger partial charge on any atom is 0.276 e. The van der Waals surface area contributed by atoms with E-state index < -0.39 is 11.5 Å². The summed E-state index contributed by atoms with van der Waals surface area (Å²) in [5, 5.41) is 19.5. The molecule has 2 amide bonds. The van der Waals surface area contributed by atoms with Gasteiger partial charge in [0.2, 0.25) is 0 Å². The van der Waals surface area contributed by atoms with Crippen LogP contribution in [0.2, 0.25) is 0 Å². The van der Waals surface area contributed by atoms with E-state index in [0.717, 1.165) is 16.6 Å². The molecule has 1 aliphatic rings. The predicted octanol–water partition coefficient (Wildman–Crippen LogP) is 0.576. The molecule has 1 saturated heterocycles. The highest BCUT2D eigenvalue weighted by atomic mass is 16.3. The fourth-order valence-electron chi connectivity index (χ4n) is 3.53. The van der Waals surface area contributed by atoms with E-state index in [9.17, 15) is 14.7 Å². The van der Waals surface area contributed by atoms with Crippen LogP contribution in [-0.2, 0) is 4.79 Å². The highest BCUT2D eigenvalue weighted by molar-refractivity contribution is 5.94. The number of piperidine rings is 1. The number of hydrogen-bond donors (Lipinski definition) is 2. The molecule has 1 unspecified atom stereocenters. The fourth-order valence-corrected chi connectivity index (χ4v) is 3.53. The van der Waals surface area contributed by atoms with E-state index in [4.69, 9.17) is 5.73 Å². The molecule has 1 aliphatic heterocycles. The first-order valence-electron chi connectivity index (χ1n) is 8.98. The summed E-state index contributed by atoms with van der Waals surface area (Å²) in [6.07, 6.45) is 2.45. The van der Waals surface area contributed by atoms with Crippen LogP contribution in [0.5, 0.6) is 0 Å². The van der Waals surface area contributed by atoms with Crippen molar-refractivity contribution in [3.8, 4) is 5.69 Å². The number of fused-ring (bicyclic) bond motifs is 1. The Morgan fingerprint density at radius 1 is 1.29 bits per heavy atom. The number of carbonyl (C=O) groups is 2. The highest BCUT2D eigenvalue weighted by Crippen LogP contribution is 2.24. The van der Waals surface area contributed by atoms with Crippen LogP contribution in [0.3, 0.4) is 0 Å². The molecule has 2 aromatic heterocycles. The summed E-state index contributed by atoms with van der Waals surface area (Å²) in [7, 11) is 0. The number of pyridine rings is 1. The van der Waals surface area contributed by atoms with Crippen molar-refractivity contribution in [2.75, 3.05) is 13.1 Å². The summed E-state index contributed by atoms with van der Waals surface area (Å²) >= 11 is 0. The molecule has 144 valence electrons. The van der Waals surface area contributed by atoms with E-state index in [1.807, 2.05) is 30.3 Å². The van der Waals surface area contributed by atoms with Crippen LogP contribution in [0.4, 0.5) is 0 Å². The number of rotatable bonds is 3. The maximum absolute atomic E-state index is 12.9. The average Bonchev–Trinajstić information content (AvgIpc) is 3.08. The lowest BCUT2D eigenvalue weighted by Crippen LogP contribution is -2.57. The Morgan fingerprint density at radius 2 is 2.11 bits per heavy atom. The SMILES string of the molecule is Cc1c(C(=O)N2CCCC(O)(C(N)=O)C2)nnn1-c1ccc2ncccc2c1. The van der Waals surface area contributed by atoms with Gasteiger partial charge in [0.15, 0.2) is 11.3 Å². The van der Waals surface area contributed by atoms with Gasteiger partial charge in [-0.2, -0.15) is 0 Å². The summed E-state index contributed by atoms with van der Waals surface area (Å²) in [6.45, 7) is 2.03. The van der Waals surface area contributed by atoms with Gasteiger partial charge >= 0.3 is 0 Å². The summed E-state index contributed by atoms with van der Waals surface area (Å²) in [6, 6.07) is 9.46. The molecule has 3 heterocycles. The lowest BCUT2D eigenvalue weighted by atomic mass is 9.92. The molecule has 0 radical (unpaired) electrons. The molecule has 3 aromatic rings. The largest absolute Gasteiger partial charge is 0.378 e. The average molecular weight is 380 g/mol. The van der Waals surface area contributed by atoms with Crippen molar-refractivity contribution in [2.45, 2.75) is 25.4 Å². The topological polar surface area (TPSA) is 127 Å². The number of likely N-dealkylation sites (tertiary alicyclic amines) is 1. The van der Waals surface area contributed by atoms with Gasteiger partial charge < -0.3 is 15.7 Å². The Hall–Kier alpha value is -3.33. The molecule has 0 bridgehead atoms. The van der Waals surface area contributed by atoms with Gasteiger partial charge in [0, 0.05) is 18.1 Å². The van der Waals surface area contributed by atoms with Gasteiger partial charge in [-0.05, 0) is 44.0 Å². The van der Waals surface area contributed by atoms with E-state index in [0.29, 0.717) is 18.7 Å². The van der Waals surface area contributed by atoms with Crippen molar-refractivity contribution >= 4 is 22.7 Å². The number of primary amides is 1. The van der Waals surface area contributed by atoms with Crippen LogP contribution >= 0.6 is 0 Å². The van der Waals surface area contributed by atoms with Crippen LogP contribution in [0.25, 0.3) is 16.6 Å². The molecular weight excluding hydrogens is 360 g/mol. The van der Waals surface area contributed by atoms with E-state index in [2.05, 4.69) is 15.3 Å². The van der Waals surface area contributed by atoms with Crippen molar-refractivity contribution in [1.82, 2.24) is 24.9 Å². The van der Waals surface area contributed by atoms with Crippen molar-refractivity contribution in [2.24, 2.45) is 5.73 Å². The van der Waals surface area contributed by atoms with Gasteiger partial charge in [0.05, 0.1) is 23.4 Å². The molecule has 1 atom stereocenters. The maximum atomic E-state index is 12.9. The minimum absolute atomic E-state index is 0.144. The predicted molar refractivity (Wildman–Crippen MR) is 101 cm³/mol. The second kappa shape index (κ2) is 6.68. The zero-order chi connectivity index (χ0) is 19.9. The van der Waals surface area contributed by atoms with Crippen LogP contribution in [0.15, 0.2) is 36.5 Å². The first kappa shape index (κ1) is 18.1. The third-order valence-electron chi connectivity index (χ3n) is 5.14. The minimum atomic E-state index is -1.71. The zero-order valence-corrected chi connectivity index (χ0v) is 15.4. The Labute approximate surface area is 160 Å². The zero-order valence-electron chi connectivity index (χ0n) is 15.4. The van der Waals surface area contributed by atoms with Crippen molar-refractivity contribution < 1.29 is 14.7 Å². The molecule has 1 aromatic carbocycles. The normalized spacial score (nSPS) is 19.7. The number of nitrogens with two attached hydrogens (primary N) is 1. The number of carbonyl (C=O) groups excluding carboxylic acids is 2. The summed E-state index contributed by atoms with van der Waals surface area (Å²) in [4.78, 5) is 30.2. The molecule has 9 nitrogen and oxygen atoms in total. The smallest absolute Gasteiger partial charge is 0.276 e. The van der Waals surface area contributed by atoms with Gasteiger partial charge in [-0.3, -0.25) is 14.6 Å². The lowest BCUT2D eigenvalue weighted by Gasteiger charge is -2.36. The van der Waals surface area contributed by atoms with Gasteiger partial charge in [-0.25, -0.2) is 4.68 Å². The van der Waals surface area contributed by atoms with E-state index >= 15 is 0 Å². The number of amides is 2. The summed E-state index contributed by atoms with van der Waals surface area (Å²) < 4.78 is 1.59. The second-order valence-corrected chi connectivity index (χ2v) is 7.04. The molecule has 9 heteroatoms. The highest BCUT2D eigenvalue weighted by Gasteiger charge is 2.41. The molecule has 0 spiro atoms. The lowest BCUT2D eigenvalue weighted by molar-refractivity contribution is -0.140. The summed E-state index contributed by atoms with van der Waals surface area (Å²) in [5.41, 5.74) is 5.96. The summed E-state index contributed by atoms with van der Waals surface area (Å²) in [5.74, 6) is -1.21. The van der Waals surface area contributed by atoms with Crippen LogP contribution in [-0.4, -0.2) is 60.5 Å². The Balaban J connectivity index is 1.64. The molecule has 1 fully saturated rings. The van der Waals surface area contributed by atoms with Gasteiger partial charge in [0.1, 0.15) is 0 Å². The van der Waals surface area contributed by atoms with Gasteiger partial charge in [0.25, 0.3) is 11.8 Å². The van der Waals surface area contributed by atoms with Gasteiger partial charge in [-0.1, -0.05) is 11.3 Å². The standard InChI is InChI=1S/C19H20N6O3/c1-12-16(17(26)24-9-3-7-19(28,11-24)18(20)27)22-23-25(12)14-5-6-15-13(10-14)4-2-8-21-15/h2,4-6,8,10,28H,3,7,9,11H2,1H3,(H2,20,27). The number of aromatic nitrogens is 4. The van der Waals surface area contributed by atoms with Crippen molar-refractivity contribution in [3.63, 3.8) is 0 Å². The quantitative estimate of drug-likeness (QED) is 0.684. The van der Waals surface area contributed by atoms with Gasteiger partial charge in [-0.15, -0.1) is 5.10 Å². The van der Waals surface area contributed by atoms with Crippen LogP contribution in [0, 0.1) is 6.92 Å². The monoisotopic (exact) mass is 380 g/mol. The minimum Gasteiger partial charge on any atom is -0.378 e. The number of β-amino-alcohol motifs (C(OH)–C–C–N with tert-alkyl or cyclic N) is 1. The number of nitrogens with zero attached hydrogens (tertiary/aromatic N) is 5. The Kier molecular flexibility index (Phi) is 4.31. The molecule has 3 N–H and O–H groups in total. The first-order valence-corrected chi connectivity index (χ1v) is 8.98. The molecule has 4 rings (SSSR count). The Bertz CT molecular complexity index is 1080. The number of aliphatic hydroxyl groups is 1. The van der Waals surface area contributed by atoms with Crippen LogP contribution < -0.4 is 5.73 Å². The van der Waals surface area contributed by atoms with Crippen molar-refractivity contribution in [1.29, 1.82) is 0 Å². The number of benzene rings is 1. The third kappa shape index (κ3) is 2.99. The van der Waals surface area contributed by atoms with E-state index in [1.54, 1.807) is 17.8 Å². The molecule has 28 heavy (non-hydrogen) atoms. The second-order valence-electron chi connectivity index (χ2n) is 7.04. The number of hydrogen-bond acceptors (Lipinski definition) is 6. The van der Waals surface area contributed by atoms with Crippen LogP contribution in [0.1, 0.15) is 29.0 Å². The molecule has 0 aliphatic carbocycles. The molecule has 0 saturated carbocycles. The fraction of sp³-hybridized carbons (Fsp3) is 0.316. The van der Waals surface area contributed by atoms with E-state index in [-0.39, 0.29) is 24.6 Å². The molecular formula is C19H20N6O3. The Morgan fingerprint density at radius 3 is 2.89 bits per heavy atom. The first-order chi connectivity index (χ1) is 13.4. The third-order valence-corrected chi connectivity index (χ3v) is 5.14. The van der Waals surface area contributed by atoms with E-state index in [1.165, 1.54) is 4.90 Å². The van der Waals surface area contributed by atoms with Crippen molar-refractivity contribution in [3.05, 3.63) is 47.9 Å².